The summed E-state index contributed by atoms with van der Waals surface area (Å²) in [6, 6.07) is 19.5. The quantitative estimate of drug-likeness (QED) is 0.0434. The lowest BCUT2D eigenvalue weighted by Gasteiger charge is -2.33. The van der Waals surface area contributed by atoms with Crippen molar-refractivity contribution in [1.82, 2.24) is 46.8 Å². The van der Waals surface area contributed by atoms with Gasteiger partial charge in [-0.2, -0.15) is 0 Å². The SMILES string of the molecule is C[C@@H](O)[C@@H]1NC(=O)[C@H](CCCCN)N(C)C(=O)[C@@H](Cc2c[nH]c3ccccc23)NC(=O)[C@H](Cc2cccnc2)NC(=O)[C@H](NC(=O)[C@@H](N)Cc2ccc(Cl)cc2)CSSC[C@@H](C(=O)N[C@@H](Cc2ccc3ccccc3c2)C(N)=O)NC1=O. The summed E-state index contributed by atoms with van der Waals surface area (Å²) >= 11 is 6.11. The Morgan fingerprint density at radius 3 is 2.21 bits per heavy atom. The normalized spacial score (nSPS) is 21.0. The molecular formula is C58H69ClN12O9S2. The van der Waals surface area contributed by atoms with Crippen molar-refractivity contribution in [3.63, 3.8) is 0 Å². The Labute approximate surface area is 487 Å². The molecule has 7 rings (SSSR count). The van der Waals surface area contributed by atoms with Crippen molar-refractivity contribution in [1.29, 1.82) is 0 Å². The average molecular weight is 1180 g/mol. The second-order valence-electron chi connectivity index (χ2n) is 20.2. The second kappa shape index (κ2) is 30.0. The maximum Gasteiger partial charge on any atom is 0.245 e. The number of aliphatic hydroxyl groups is 1. The third-order valence-corrected chi connectivity index (χ3v) is 16.7. The zero-order chi connectivity index (χ0) is 58.9. The number of fused-ring (bicyclic) bond motifs is 2. The fourth-order valence-corrected chi connectivity index (χ4v) is 11.9. The lowest BCUT2D eigenvalue weighted by molar-refractivity contribution is -0.143. The molecule has 0 spiro atoms. The van der Waals surface area contributed by atoms with E-state index in [0.717, 1.165) is 48.2 Å². The van der Waals surface area contributed by atoms with Crippen molar-refractivity contribution in [2.75, 3.05) is 25.1 Å². The first-order valence-electron chi connectivity index (χ1n) is 26.8. The highest BCUT2D eigenvalue weighted by molar-refractivity contribution is 8.76. The number of primary amides is 1. The molecule has 0 unspecified atom stereocenters. The van der Waals surface area contributed by atoms with E-state index in [9.17, 15) is 38.7 Å². The minimum atomic E-state index is -1.70. The van der Waals surface area contributed by atoms with Crippen molar-refractivity contribution in [2.24, 2.45) is 17.2 Å². The Bertz CT molecular complexity index is 3210. The highest BCUT2D eigenvalue weighted by Gasteiger charge is 2.38. The molecule has 0 bridgehead atoms. The number of pyridine rings is 1. The molecule has 21 nitrogen and oxygen atoms in total. The number of nitrogens with one attached hydrogen (secondary N) is 7. The number of amides is 8. The van der Waals surface area contributed by atoms with E-state index in [0.29, 0.717) is 40.1 Å². The van der Waals surface area contributed by atoms with Gasteiger partial charge in [-0.3, -0.25) is 43.3 Å². The summed E-state index contributed by atoms with van der Waals surface area (Å²) in [6.45, 7) is 1.52. The van der Waals surface area contributed by atoms with Gasteiger partial charge in [0.25, 0.3) is 0 Å². The molecule has 3 heterocycles. The average Bonchev–Trinajstić information content (AvgIpc) is 3.98. The molecule has 24 heteroatoms. The van der Waals surface area contributed by atoms with Crippen molar-refractivity contribution < 1.29 is 43.5 Å². The molecule has 8 amide bonds. The smallest absolute Gasteiger partial charge is 0.245 e. The topological polar surface area (TPSA) is 339 Å². The lowest BCUT2D eigenvalue weighted by Crippen LogP contribution is -2.62. The molecule has 4 aromatic carbocycles. The Balaban J connectivity index is 1.26. The fourth-order valence-electron chi connectivity index (χ4n) is 9.47. The van der Waals surface area contributed by atoms with Crippen LogP contribution in [0.3, 0.4) is 0 Å². The van der Waals surface area contributed by atoms with Crippen LogP contribution in [0.2, 0.25) is 5.02 Å². The van der Waals surface area contributed by atoms with E-state index < -0.39 is 102 Å². The Kier molecular flexibility index (Phi) is 22.7. The standard InChI is InChI=1S/C58H69ClN12O9S2/c1-33(72)50-57(79)69-48(54(76)65-44(51(62)73)26-35-16-19-37-11-3-4-12-38(37)24-35)32-82-81-31-47(68-52(74)42(61)25-34-17-20-40(59)21-18-34)55(77)66-45(27-36-10-9-23-63-29-36)53(75)67-46(28-39-30-64-43-14-6-5-13-41(39)43)58(80)71(2)49(56(78)70-50)15-7-8-22-60/h3-6,9-14,16-21,23-24,29-30,33,42,44-50,64,72H,7-8,15,22,25-28,31-32,60-61H2,1-2H3,(H2,62,73)(H,65,76)(H,66,77)(H,67,75)(H,68,74)(H,69,79)(H,70,78)/t33-,42+,44+,45+,46-,47-,48+,49+,50+/m1/s1. The van der Waals surface area contributed by atoms with Gasteiger partial charge in [0.1, 0.15) is 42.3 Å². The molecule has 6 aromatic rings. The number of nitrogens with zero attached hydrogens (tertiary/aromatic N) is 2. The van der Waals surface area contributed by atoms with Gasteiger partial charge < -0.3 is 64.1 Å². The number of para-hydroxylation sites is 1. The summed E-state index contributed by atoms with van der Waals surface area (Å²) in [7, 11) is 3.42. The van der Waals surface area contributed by atoms with Gasteiger partial charge in [0.2, 0.25) is 47.3 Å². The van der Waals surface area contributed by atoms with Gasteiger partial charge in [-0.1, -0.05) is 112 Å². The van der Waals surface area contributed by atoms with Gasteiger partial charge in [0.05, 0.1) is 12.1 Å². The van der Waals surface area contributed by atoms with E-state index in [4.69, 9.17) is 28.8 Å². The van der Waals surface area contributed by atoms with Crippen LogP contribution in [0.1, 0.15) is 48.4 Å². The number of nitrogens with two attached hydrogens (primary N) is 3. The van der Waals surface area contributed by atoms with Gasteiger partial charge in [-0.15, -0.1) is 0 Å². The molecule has 1 aliphatic heterocycles. The van der Waals surface area contributed by atoms with Gasteiger partial charge in [-0.05, 0) is 96.4 Å². The van der Waals surface area contributed by atoms with Crippen molar-refractivity contribution in [3.05, 3.63) is 149 Å². The number of carbonyl (C=O) groups excluding carboxylic acids is 8. The Morgan fingerprint density at radius 2 is 1.49 bits per heavy atom. The third kappa shape index (κ3) is 17.2. The van der Waals surface area contributed by atoms with Crippen LogP contribution in [0.15, 0.2) is 122 Å². The molecule has 0 aliphatic carbocycles. The second-order valence-corrected chi connectivity index (χ2v) is 23.2. The van der Waals surface area contributed by atoms with E-state index in [2.05, 4.69) is 41.9 Å². The van der Waals surface area contributed by atoms with E-state index in [1.807, 2.05) is 60.7 Å². The molecule has 9 atom stereocenters. The first-order valence-corrected chi connectivity index (χ1v) is 29.7. The monoisotopic (exact) mass is 1180 g/mol. The molecule has 2 aromatic heterocycles. The van der Waals surface area contributed by atoms with Crippen molar-refractivity contribution >= 4 is 102 Å². The van der Waals surface area contributed by atoms with Gasteiger partial charge in [0, 0.05) is 72.3 Å². The number of hydrogen-bond acceptors (Lipinski definition) is 14. The third-order valence-electron chi connectivity index (χ3n) is 14.1. The highest BCUT2D eigenvalue weighted by Crippen LogP contribution is 2.25. The minimum Gasteiger partial charge on any atom is -0.391 e. The Hall–Kier alpha value is -7.54. The number of aliphatic hydroxyl groups excluding tert-OH is 1. The van der Waals surface area contributed by atoms with Crippen LogP contribution in [0.25, 0.3) is 21.7 Å². The molecular weight excluding hydrogens is 1110 g/mol. The largest absolute Gasteiger partial charge is 0.391 e. The van der Waals surface area contributed by atoms with Crippen LogP contribution in [-0.2, 0) is 64.0 Å². The van der Waals surface area contributed by atoms with E-state index in [-0.39, 0.29) is 50.2 Å². The van der Waals surface area contributed by atoms with Crippen LogP contribution in [0.4, 0.5) is 0 Å². The highest BCUT2D eigenvalue weighted by atomic mass is 35.5. The molecule has 1 fully saturated rings. The Morgan fingerprint density at radius 1 is 0.780 bits per heavy atom. The number of benzene rings is 4. The summed E-state index contributed by atoms with van der Waals surface area (Å²) < 4.78 is 0. The molecule has 14 N–H and O–H groups in total. The summed E-state index contributed by atoms with van der Waals surface area (Å²) in [4.78, 5) is 124. The van der Waals surface area contributed by atoms with E-state index in [1.165, 1.54) is 20.2 Å². The van der Waals surface area contributed by atoms with Crippen molar-refractivity contribution in [3.8, 4) is 0 Å². The van der Waals surface area contributed by atoms with Crippen LogP contribution in [0, 0.1) is 0 Å². The maximum absolute atomic E-state index is 15.2. The van der Waals surface area contributed by atoms with Crippen LogP contribution in [0.5, 0.6) is 0 Å². The van der Waals surface area contributed by atoms with Crippen LogP contribution in [-0.4, -0.2) is 147 Å². The first-order chi connectivity index (χ1) is 39.4. The molecule has 1 saturated heterocycles. The number of carbonyl (C=O) groups is 8. The van der Waals surface area contributed by atoms with E-state index in [1.54, 1.807) is 54.9 Å². The van der Waals surface area contributed by atoms with Crippen LogP contribution < -0.4 is 49.1 Å². The first kappa shape index (κ1) is 62.1. The van der Waals surface area contributed by atoms with Crippen molar-refractivity contribution in [2.45, 2.75) is 106 Å². The number of H-pyrrole nitrogens is 1. The predicted molar refractivity (Wildman–Crippen MR) is 318 cm³/mol. The summed E-state index contributed by atoms with van der Waals surface area (Å²) in [5, 5.41) is 30.6. The number of rotatable bonds is 18. The lowest BCUT2D eigenvalue weighted by atomic mass is 10.00. The molecule has 1 aliphatic rings. The maximum atomic E-state index is 15.2. The van der Waals surface area contributed by atoms with Crippen LogP contribution >= 0.6 is 33.2 Å². The summed E-state index contributed by atoms with van der Waals surface area (Å²) in [5.41, 5.74) is 21.5. The molecule has 0 radical (unpaired) electrons. The summed E-state index contributed by atoms with van der Waals surface area (Å²) in [6.07, 6.45) is 3.87. The number of unbranched alkanes of at least 4 members (excludes halogenated alkanes) is 1. The van der Waals surface area contributed by atoms with Gasteiger partial charge in [0.15, 0.2) is 0 Å². The number of likely N-dealkylation sites (N-methyl/N-ethyl adjacent to an activating group) is 1. The molecule has 82 heavy (non-hydrogen) atoms. The predicted octanol–water partition coefficient (Wildman–Crippen LogP) is 2.09. The number of aromatic amines is 1. The fraction of sp³-hybridized carbons (Fsp3) is 0.362. The summed E-state index contributed by atoms with van der Waals surface area (Å²) in [5.74, 6) is -7.02. The number of hydrogen-bond donors (Lipinski definition) is 11. The zero-order valence-corrected chi connectivity index (χ0v) is 47.7. The molecule has 0 saturated carbocycles. The minimum absolute atomic E-state index is 0.0162. The van der Waals surface area contributed by atoms with Gasteiger partial charge >= 0.3 is 0 Å². The van der Waals surface area contributed by atoms with Gasteiger partial charge in [-0.25, -0.2) is 0 Å². The number of halogens is 1. The van der Waals surface area contributed by atoms with E-state index >= 15 is 4.79 Å². The zero-order valence-electron chi connectivity index (χ0n) is 45.3. The number of aromatic nitrogens is 2. The molecule has 434 valence electrons.